The molecule has 0 aromatic heterocycles. The van der Waals surface area contributed by atoms with Gasteiger partial charge in [-0.05, 0) is 35.7 Å². The molecular formula is C18H20N2O. The summed E-state index contributed by atoms with van der Waals surface area (Å²) in [5.74, 6) is 0. The van der Waals surface area contributed by atoms with Crippen molar-refractivity contribution in [2.45, 2.75) is 26.1 Å². The Balaban J connectivity index is 1.98. The lowest BCUT2D eigenvalue weighted by Gasteiger charge is -2.15. The first-order valence-electron chi connectivity index (χ1n) is 7.03. The summed E-state index contributed by atoms with van der Waals surface area (Å²) in [5, 5.41) is 12.4. The molecule has 3 heteroatoms. The molecule has 0 heterocycles. The zero-order valence-electron chi connectivity index (χ0n) is 12.5. The summed E-state index contributed by atoms with van der Waals surface area (Å²) in [6, 6.07) is 18.5. The van der Waals surface area contributed by atoms with Crippen LogP contribution in [0.1, 0.15) is 35.2 Å². The fourth-order valence-corrected chi connectivity index (χ4v) is 2.26. The summed E-state index contributed by atoms with van der Waals surface area (Å²) in [4.78, 5) is 0. The first-order valence-corrected chi connectivity index (χ1v) is 7.03. The first kappa shape index (κ1) is 15.2. The van der Waals surface area contributed by atoms with E-state index in [0.29, 0.717) is 12.2 Å². The Morgan fingerprint density at radius 3 is 2.67 bits per heavy atom. The molecule has 0 radical (unpaired) electrons. The van der Waals surface area contributed by atoms with Crippen LogP contribution in [0, 0.1) is 11.3 Å². The van der Waals surface area contributed by atoms with Crippen LogP contribution in [0.5, 0.6) is 0 Å². The van der Waals surface area contributed by atoms with Gasteiger partial charge in [-0.2, -0.15) is 5.26 Å². The van der Waals surface area contributed by atoms with E-state index in [-0.39, 0.29) is 6.04 Å². The van der Waals surface area contributed by atoms with E-state index in [1.807, 2.05) is 30.3 Å². The molecule has 2 rings (SSSR count). The predicted octanol–water partition coefficient (Wildman–Crippen LogP) is 3.56. The second-order valence-electron chi connectivity index (χ2n) is 5.09. The van der Waals surface area contributed by atoms with Gasteiger partial charge in [0.1, 0.15) is 0 Å². The van der Waals surface area contributed by atoms with Crippen LogP contribution >= 0.6 is 0 Å². The third-order valence-corrected chi connectivity index (χ3v) is 3.43. The van der Waals surface area contributed by atoms with E-state index in [1.54, 1.807) is 7.11 Å². The molecule has 0 saturated carbocycles. The molecule has 0 bridgehead atoms. The van der Waals surface area contributed by atoms with Crippen LogP contribution in [0.4, 0.5) is 0 Å². The van der Waals surface area contributed by atoms with E-state index in [0.717, 1.165) is 12.1 Å². The molecule has 0 aliphatic carbocycles. The van der Waals surface area contributed by atoms with Gasteiger partial charge in [-0.1, -0.05) is 36.4 Å². The largest absolute Gasteiger partial charge is 0.380 e. The van der Waals surface area contributed by atoms with Gasteiger partial charge in [-0.15, -0.1) is 0 Å². The molecule has 0 aliphatic heterocycles. The Hall–Kier alpha value is -2.15. The number of hydrogen-bond acceptors (Lipinski definition) is 3. The number of nitriles is 1. The van der Waals surface area contributed by atoms with Gasteiger partial charge in [-0.25, -0.2) is 0 Å². The number of rotatable bonds is 6. The van der Waals surface area contributed by atoms with E-state index in [4.69, 9.17) is 10.00 Å². The lowest BCUT2D eigenvalue weighted by Crippen LogP contribution is -2.18. The smallest absolute Gasteiger partial charge is 0.0991 e. The average Bonchev–Trinajstić information content (AvgIpc) is 2.53. The monoisotopic (exact) mass is 280 g/mol. The van der Waals surface area contributed by atoms with Crippen LogP contribution in [0.2, 0.25) is 0 Å². The minimum absolute atomic E-state index is 0.199. The van der Waals surface area contributed by atoms with Gasteiger partial charge in [0.15, 0.2) is 0 Å². The van der Waals surface area contributed by atoms with E-state index >= 15 is 0 Å². The summed E-state index contributed by atoms with van der Waals surface area (Å²) >= 11 is 0. The number of nitrogens with zero attached hydrogens (tertiary/aromatic N) is 1. The second kappa shape index (κ2) is 7.58. The highest BCUT2D eigenvalue weighted by Gasteiger charge is 2.06. The Morgan fingerprint density at radius 2 is 1.90 bits per heavy atom. The van der Waals surface area contributed by atoms with Crippen molar-refractivity contribution in [1.29, 1.82) is 5.26 Å². The molecule has 2 aromatic carbocycles. The fourth-order valence-electron chi connectivity index (χ4n) is 2.26. The van der Waals surface area contributed by atoms with Crippen molar-refractivity contribution in [3.05, 3.63) is 70.8 Å². The minimum Gasteiger partial charge on any atom is -0.380 e. The summed E-state index contributed by atoms with van der Waals surface area (Å²) in [7, 11) is 1.70. The number of methoxy groups -OCH3 is 1. The summed E-state index contributed by atoms with van der Waals surface area (Å²) in [6.45, 7) is 3.53. The van der Waals surface area contributed by atoms with Gasteiger partial charge in [0.05, 0.1) is 18.2 Å². The lowest BCUT2D eigenvalue weighted by molar-refractivity contribution is 0.185. The summed E-state index contributed by atoms with van der Waals surface area (Å²) in [6.07, 6.45) is 0. The maximum atomic E-state index is 8.95. The minimum atomic E-state index is 0.199. The Labute approximate surface area is 126 Å². The van der Waals surface area contributed by atoms with Crippen molar-refractivity contribution in [3.8, 4) is 6.07 Å². The normalized spacial score (nSPS) is 11.9. The SMILES string of the molecule is COCc1cccc(CNC(C)c2cccc(C#N)c2)c1. The number of ether oxygens (including phenoxy) is 1. The molecule has 3 nitrogen and oxygen atoms in total. The topological polar surface area (TPSA) is 45.0 Å². The molecule has 108 valence electrons. The molecule has 0 aliphatic rings. The maximum Gasteiger partial charge on any atom is 0.0991 e. The highest BCUT2D eigenvalue weighted by atomic mass is 16.5. The van der Waals surface area contributed by atoms with Gasteiger partial charge in [0.2, 0.25) is 0 Å². The quantitative estimate of drug-likeness (QED) is 0.880. The van der Waals surface area contributed by atoms with Crippen molar-refractivity contribution in [3.63, 3.8) is 0 Å². The first-order chi connectivity index (χ1) is 10.2. The molecule has 2 aromatic rings. The fraction of sp³-hybridized carbons (Fsp3) is 0.278. The molecule has 0 fully saturated rings. The van der Waals surface area contributed by atoms with Gasteiger partial charge < -0.3 is 10.1 Å². The lowest BCUT2D eigenvalue weighted by atomic mass is 10.0. The predicted molar refractivity (Wildman–Crippen MR) is 83.6 cm³/mol. The van der Waals surface area contributed by atoms with E-state index < -0.39 is 0 Å². The number of nitrogens with one attached hydrogen (secondary N) is 1. The molecule has 0 amide bonds. The number of hydrogen-bond donors (Lipinski definition) is 1. The third kappa shape index (κ3) is 4.42. The molecular weight excluding hydrogens is 260 g/mol. The van der Waals surface area contributed by atoms with Crippen LogP contribution in [-0.4, -0.2) is 7.11 Å². The summed E-state index contributed by atoms with van der Waals surface area (Å²) < 4.78 is 5.15. The average molecular weight is 280 g/mol. The van der Waals surface area contributed by atoms with Crippen LogP contribution in [0.3, 0.4) is 0 Å². The van der Waals surface area contributed by atoms with Crippen LogP contribution in [0.15, 0.2) is 48.5 Å². The molecule has 0 saturated heterocycles. The molecule has 21 heavy (non-hydrogen) atoms. The van der Waals surface area contributed by atoms with E-state index in [1.165, 1.54) is 11.1 Å². The Kier molecular flexibility index (Phi) is 5.51. The number of benzene rings is 2. The zero-order valence-corrected chi connectivity index (χ0v) is 12.5. The van der Waals surface area contributed by atoms with Crippen molar-refractivity contribution < 1.29 is 4.74 Å². The molecule has 1 unspecified atom stereocenters. The van der Waals surface area contributed by atoms with Crippen molar-refractivity contribution in [1.82, 2.24) is 5.32 Å². The van der Waals surface area contributed by atoms with Crippen molar-refractivity contribution >= 4 is 0 Å². The van der Waals surface area contributed by atoms with Gasteiger partial charge in [0.25, 0.3) is 0 Å². The Bertz CT molecular complexity index is 631. The summed E-state index contributed by atoms with van der Waals surface area (Å²) in [5.41, 5.74) is 4.23. The van der Waals surface area contributed by atoms with Crippen LogP contribution in [-0.2, 0) is 17.9 Å². The van der Waals surface area contributed by atoms with E-state index in [9.17, 15) is 0 Å². The highest BCUT2D eigenvalue weighted by Crippen LogP contribution is 2.15. The van der Waals surface area contributed by atoms with Crippen LogP contribution < -0.4 is 5.32 Å². The zero-order chi connectivity index (χ0) is 15.1. The standard InChI is InChI=1S/C18H20N2O/c1-14(18-8-4-5-15(10-18)11-19)20-12-16-6-3-7-17(9-16)13-21-2/h3-10,14,20H,12-13H2,1-2H3. The third-order valence-electron chi connectivity index (χ3n) is 3.43. The van der Waals surface area contributed by atoms with Crippen molar-refractivity contribution in [2.75, 3.05) is 7.11 Å². The maximum absolute atomic E-state index is 8.95. The molecule has 1 atom stereocenters. The van der Waals surface area contributed by atoms with E-state index in [2.05, 4.69) is 36.5 Å². The van der Waals surface area contributed by atoms with Crippen molar-refractivity contribution in [2.24, 2.45) is 0 Å². The second-order valence-corrected chi connectivity index (χ2v) is 5.09. The molecule has 1 N–H and O–H groups in total. The Morgan fingerprint density at radius 1 is 1.14 bits per heavy atom. The van der Waals surface area contributed by atoms with Crippen LogP contribution in [0.25, 0.3) is 0 Å². The highest BCUT2D eigenvalue weighted by molar-refractivity contribution is 5.34. The van der Waals surface area contributed by atoms with Gasteiger partial charge >= 0.3 is 0 Å². The van der Waals surface area contributed by atoms with Gasteiger partial charge in [0, 0.05) is 19.7 Å². The van der Waals surface area contributed by atoms with Gasteiger partial charge in [-0.3, -0.25) is 0 Å². The molecule has 0 spiro atoms.